The van der Waals surface area contributed by atoms with E-state index in [9.17, 15) is 14.7 Å². The second-order valence-corrected chi connectivity index (χ2v) is 8.91. The summed E-state index contributed by atoms with van der Waals surface area (Å²) in [7, 11) is 3.92. The van der Waals surface area contributed by atoms with Crippen LogP contribution in [-0.4, -0.2) is 53.8 Å². The number of rotatable bonds is 10. The summed E-state index contributed by atoms with van der Waals surface area (Å²) in [5.41, 5.74) is 1.74. The minimum Gasteiger partial charge on any atom is -0.503 e. The molecule has 1 aromatic heterocycles. The number of amides is 1. The van der Waals surface area contributed by atoms with Crippen molar-refractivity contribution in [3.63, 3.8) is 0 Å². The highest BCUT2D eigenvalue weighted by Gasteiger charge is 2.44. The van der Waals surface area contributed by atoms with Crippen LogP contribution >= 0.6 is 0 Å². The number of hydrogen-bond donors (Lipinski definition) is 1. The van der Waals surface area contributed by atoms with Crippen LogP contribution in [0.15, 0.2) is 82.5 Å². The number of benzene rings is 2. The number of carbonyl (C=O) groups is 2. The predicted molar refractivity (Wildman–Crippen MR) is 132 cm³/mol. The van der Waals surface area contributed by atoms with Gasteiger partial charge >= 0.3 is 0 Å². The van der Waals surface area contributed by atoms with E-state index in [2.05, 4.69) is 0 Å². The van der Waals surface area contributed by atoms with Crippen LogP contribution < -0.4 is 4.74 Å². The molecule has 35 heavy (non-hydrogen) atoms. The van der Waals surface area contributed by atoms with Crippen molar-refractivity contribution in [3.8, 4) is 5.75 Å². The Hall–Kier alpha value is -3.84. The fourth-order valence-corrected chi connectivity index (χ4v) is 4.22. The van der Waals surface area contributed by atoms with Crippen molar-refractivity contribution in [3.05, 3.63) is 101 Å². The molecule has 0 bridgehead atoms. The highest BCUT2D eigenvalue weighted by Crippen LogP contribution is 2.40. The normalized spacial score (nSPS) is 15.8. The van der Waals surface area contributed by atoms with E-state index in [-0.39, 0.29) is 11.3 Å². The molecule has 0 spiro atoms. The summed E-state index contributed by atoms with van der Waals surface area (Å²) in [4.78, 5) is 30.1. The number of aliphatic hydroxyl groups excluding tert-OH is 1. The maximum absolute atomic E-state index is 13.4. The molecule has 1 atom stereocenters. The molecule has 7 heteroatoms. The van der Waals surface area contributed by atoms with Gasteiger partial charge in [-0.3, -0.25) is 9.59 Å². The maximum atomic E-state index is 13.4. The Morgan fingerprint density at radius 2 is 1.86 bits per heavy atom. The molecule has 0 radical (unpaired) electrons. The van der Waals surface area contributed by atoms with Crippen molar-refractivity contribution >= 4 is 11.7 Å². The highest BCUT2D eigenvalue weighted by atomic mass is 16.5. The average Bonchev–Trinajstić information content (AvgIpc) is 3.39. The van der Waals surface area contributed by atoms with Gasteiger partial charge in [-0.1, -0.05) is 42.5 Å². The van der Waals surface area contributed by atoms with Gasteiger partial charge in [0.15, 0.2) is 11.5 Å². The summed E-state index contributed by atoms with van der Waals surface area (Å²) in [5.74, 6) is -0.314. The summed E-state index contributed by atoms with van der Waals surface area (Å²) in [6.07, 6.45) is 0.689. The molecule has 0 unspecified atom stereocenters. The fraction of sp³-hybridized carbons (Fsp3) is 0.286. The second kappa shape index (κ2) is 10.6. The van der Waals surface area contributed by atoms with Gasteiger partial charge in [0.25, 0.3) is 5.91 Å². The largest absolute Gasteiger partial charge is 0.503 e. The standard InChI is InChI=1S/C28H30N2O5/c1-19-13-14-23(35-19)26(31)24-25(30(28(33)27(24)32)16-8-15-29(2)3)21-11-7-12-22(17-21)34-18-20-9-5-4-6-10-20/h4-7,9-14,17,25,32H,8,15-16,18H2,1-3H3/t25-/m1/s1. The van der Waals surface area contributed by atoms with Crippen LogP contribution in [0.3, 0.4) is 0 Å². The first-order chi connectivity index (χ1) is 16.8. The van der Waals surface area contributed by atoms with Gasteiger partial charge in [-0.15, -0.1) is 0 Å². The number of ketones is 1. The van der Waals surface area contributed by atoms with Gasteiger partial charge < -0.3 is 24.1 Å². The lowest BCUT2D eigenvalue weighted by molar-refractivity contribution is -0.129. The third-order valence-electron chi connectivity index (χ3n) is 5.94. The van der Waals surface area contributed by atoms with Crippen molar-refractivity contribution in [1.82, 2.24) is 9.80 Å². The van der Waals surface area contributed by atoms with Crippen molar-refractivity contribution in [1.29, 1.82) is 0 Å². The minimum atomic E-state index is -0.747. The van der Waals surface area contributed by atoms with Crippen molar-refractivity contribution < 1.29 is 23.8 Å². The molecule has 0 saturated carbocycles. The number of aliphatic hydroxyl groups is 1. The summed E-state index contributed by atoms with van der Waals surface area (Å²) >= 11 is 0. The Bertz CT molecular complexity index is 1230. The van der Waals surface area contributed by atoms with Gasteiger partial charge in [0.05, 0.1) is 11.6 Å². The van der Waals surface area contributed by atoms with Gasteiger partial charge in [-0.25, -0.2) is 0 Å². The van der Waals surface area contributed by atoms with E-state index in [1.165, 1.54) is 0 Å². The number of aryl methyl sites for hydroxylation is 1. The molecular formula is C28H30N2O5. The number of ether oxygens (including phenoxy) is 1. The number of nitrogens with zero attached hydrogens (tertiary/aromatic N) is 2. The van der Waals surface area contributed by atoms with Crippen molar-refractivity contribution in [2.45, 2.75) is 26.0 Å². The lowest BCUT2D eigenvalue weighted by Crippen LogP contribution is -2.33. The fourth-order valence-electron chi connectivity index (χ4n) is 4.22. The minimum absolute atomic E-state index is 0.0226. The molecule has 0 aliphatic carbocycles. The van der Waals surface area contributed by atoms with Gasteiger partial charge in [0.2, 0.25) is 5.78 Å². The van der Waals surface area contributed by atoms with E-state index in [0.717, 1.165) is 12.1 Å². The SMILES string of the molecule is Cc1ccc(C(=O)C2=C(O)C(=O)N(CCCN(C)C)[C@@H]2c2cccc(OCc3ccccc3)c2)o1. The first kappa shape index (κ1) is 24.3. The van der Waals surface area contributed by atoms with E-state index < -0.39 is 23.5 Å². The Kier molecular flexibility index (Phi) is 7.36. The molecule has 7 nitrogen and oxygen atoms in total. The third-order valence-corrected chi connectivity index (χ3v) is 5.94. The number of hydrogen-bond acceptors (Lipinski definition) is 6. The smallest absolute Gasteiger partial charge is 0.290 e. The van der Waals surface area contributed by atoms with Crippen molar-refractivity contribution in [2.75, 3.05) is 27.2 Å². The first-order valence-corrected chi connectivity index (χ1v) is 11.6. The lowest BCUT2D eigenvalue weighted by atomic mass is 9.95. The van der Waals surface area contributed by atoms with Gasteiger partial charge in [-0.05, 0) is 69.4 Å². The Labute approximate surface area is 205 Å². The van der Waals surface area contributed by atoms with E-state index in [4.69, 9.17) is 9.15 Å². The first-order valence-electron chi connectivity index (χ1n) is 11.6. The molecule has 1 aliphatic heterocycles. The number of furan rings is 1. The molecule has 2 aromatic carbocycles. The molecule has 1 aliphatic rings. The molecule has 2 heterocycles. The van der Waals surface area contributed by atoms with Crippen LogP contribution in [0.2, 0.25) is 0 Å². The van der Waals surface area contributed by atoms with E-state index >= 15 is 0 Å². The molecular weight excluding hydrogens is 444 g/mol. The number of Topliss-reactive ketones (excluding diaryl/α,β-unsaturated/α-hetero) is 1. The summed E-state index contributed by atoms with van der Waals surface area (Å²) in [5, 5.41) is 10.8. The summed E-state index contributed by atoms with van der Waals surface area (Å²) in [6, 6.07) is 19.6. The zero-order valence-electron chi connectivity index (χ0n) is 20.2. The molecule has 1 amide bonds. The molecule has 0 fully saturated rings. The van der Waals surface area contributed by atoms with E-state index in [0.29, 0.717) is 36.6 Å². The second-order valence-electron chi connectivity index (χ2n) is 8.91. The monoisotopic (exact) mass is 474 g/mol. The van der Waals surface area contributed by atoms with Crippen LogP contribution in [0.4, 0.5) is 0 Å². The number of carbonyl (C=O) groups excluding carboxylic acids is 2. The zero-order valence-corrected chi connectivity index (χ0v) is 20.2. The predicted octanol–water partition coefficient (Wildman–Crippen LogP) is 4.70. The Morgan fingerprint density at radius 1 is 1.09 bits per heavy atom. The topological polar surface area (TPSA) is 83.2 Å². The molecule has 0 saturated heterocycles. The maximum Gasteiger partial charge on any atom is 0.290 e. The van der Waals surface area contributed by atoms with Crippen molar-refractivity contribution in [2.24, 2.45) is 0 Å². The Morgan fingerprint density at radius 3 is 2.54 bits per heavy atom. The van der Waals surface area contributed by atoms with E-state index in [1.54, 1.807) is 24.0 Å². The molecule has 4 rings (SSSR count). The van der Waals surface area contributed by atoms with Crippen LogP contribution in [-0.2, 0) is 11.4 Å². The average molecular weight is 475 g/mol. The van der Waals surface area contributed by atoms with Crippen LogP contribution in [0.1, 0.15) is 39.9 Å². The van der Waals surface area contributed by atoms with Crippen LogP contribution in [0.5, 0.6) is 5.75 Å². The van der Waals surface area contributed by atoms with Crippen LogP contribution in [0.25, 0.3) is 0 Å². The highest BCUT2D eigenvalue weighted by molar-refractivity contribution is 6.15. The molecule has 1 N–H and O–H groups in total. The van der Waals surface area contributed by atoms with Gasteiger partial charge in [0.1, 0.15) is 18.1 Å². The quantitative estimate of drug-likeness (QED) is 0.429. The van der Waals surface area contributed by atoms with Gasteiger partial charge in [-0.2, -0.15) is 0 Å². The lowest BCUT2D eigenvalue weighted by Gasteiger charge is -2.27. The molecule has 182 valence electrons. The summed E-state index contributed by atoms with van der Waals surface area (Å²) < 4.78 is 11.5. The third kappa shape index (κ3) is 5.46. The van der Waals surface area contributed by atoms with E-state index in [1.807, 2.05) is 73.6 Å². The summed E-state index contributed by atoms with van der Waals surface area (Å²) in [6.45, 7) is 3.27. The van der Waals surface area contributed by atoms with Gasteiger partial charge in [0, 0.05) is 6.54 Å². The molecule has 3 aromatic rings. The Balaban J connectivity index is 1.66. The van der Waals surface area contributed by atoms with Crippen LogP contribution in [0, 0.1) is 6.92 Å². The zero-order chi connectivity index (χ0) is 24.9.